The van der Waals surface area contributed by atoms with Crippen molar-refractivity contribution < 1.29 is 13.2 Å². The van der Waals surface area contributed by atoms with Gasteiger partial charge in [0.05, 0.1) is 16.2 Å². The van der Waals surface area contributed by atoms with Gasteiger partial charge in [-0.25, -0.2) is 18.1 Å². The van der Waals surface area contributed by atoms with Crippen LogP contribution in [0.25, 0.3) is 11.0 Å². The summed E-state index contributed by atoms with van der Waals surface area (Å²) < 4.78 is 28.3. The highest BCUT2D eigenvalue weighted by molar-refractivity contribution is 7.89. The lowest BCUT2D eigenvalue weighted by molar-refractivity contribution is 0.0954. The molecular weight excluding hydrogens is 354 g/mol. The Morgan fingerprint density at radius 2 is 1.92 bits per heavy atom. The normalized spacial score (nSPS) is 11.6. The van der Waals surface area contributed by atoms with Gasteiger partial charge in [-0.2, -0.15) is 5.10 Å². The average molecular weight is 373 g/mol. The van der Waals surface area contributed by atoms with Gasteiger partial charge in [0.1, 0.15) is 0 Å². The average Bonchev–Trinajstić information content (AvgIpc) is 2.93. The Morgan fingerprint density at radius 3 is 2.65 bits per heavy atom. The maximum atomic E-state index is 12.2. The fourth-order valence-electron chi connectivity index (χ4n) is 2.58. The molecular formula is C17H19N5O3S. The molecule has 0 bridgehead atoms. The van der Waals surface area contributed by atoms with Gasteiger partial charge in [0.25, 0.3) is 5.91 Å². The van der Waals surface area contributed by atoms with Crippen molar-refractivity contribution in [3.05, 3.63) is 53.9 Å². The largest absolute Gasteiger partial charge is 0.351 e. The summed E-state index contributed by atoms with van der Waals surface area (Å²) in [6, 6.07) is 9.80. The van der Waals surface area contributed by atoms with Gasteiger partial charge in [0.15, 0.2) is 5.65 Å². The van der Waals surface area contributed by atoms with Gasteiger partial charge in [0, 0.05) is 31.7 Å². The minimum Gasteiger partial charge on any atom is -0.351 e. The third kappa shape index (κ3) is 3.73. The third-order valence-corrected chi connectivity index (χ3v) is 5.36. The maximum absolute atomic E-state index is 12.2. The number of amides is 1. The summed E-state index contributed by atoms with van der Waals surface area (Å²) in [5.74, 6) is -0.318. The van der Waals surface area contributed by atoms with Crippen LogP contribution in [-0.4, -0.2) is 42.2 Å². The third-order valence-electron chi connectivity index (χ3n) is 3.88. The minimum atomic E-state index is -3.58. The van der Waals surface area contributed by atoms with Crippen LogP contribution in [0, 0.1) is 6.92 Å². The number of benzene rings is 1. The molecule has 2 N–H and O–H groups in total. The van der Waals surface area contributed by atoms with Crippen LogP contribution in [0.1, 0.15) is 16.1 Å². The number of pyridine rings is 1. The minimum absolute atomic E-state index is 0.0879. The van der Waals surface area contributed by atoms with Gasteiger partial charge >= 0.3 is 0 Å². The standard InChI is InChI=1S/C17H19N5O3S/c1-12-15-10-13(11-19-16(15)22(2)21-12)17(23)18-8-9-20-26(24,25)14-6-4-3-5-7-14/h3-7,10-11,20H,8-9H2,1-2H3,(H,18,23). The second kappa shape index (κ2) is 7.22. The fraction of sp³-hybridized carbons (Fsp3) is 0.235. The number of fused-ring (bicyclic) bond motifs is 1. The predicted octanol–water partition coefficient (Wildman–Crippen LogP) is 0.985. The number of rotatable bonds is 6. The van der Waals surface area contributed by atoms with Gasteiger partial charge < -0.3 is 5.32 Å². The molecule has 0 spiro atoms. The summed E-state index contributed by atoms with van der Waals surface area (Å²) >= 11 is 0. The van der Waals surface area contributed by atoms with Crippen LogP contribution in [0.3, 0.4) is 0 Å². The molecule has 0 saturated carbocycles. The maximum Gasteiger partial charge on any atom is 0.252 e. The van der Waals surface area contributed by atoms with Gasteiger partial charge in [-0.05, 0) is 25.1 Å². The van der Waals surface area contributed by atoms with Crippen molar-refractivity contribution in [2.24, 2.45) is 7.05 Å². The summed E-state index contributed by atoms with van der Waals surface area (Å²) in [4.78, 5) is 16.7. The molecule has 0 aliphatic heterocycles. The summed E-state index contributed by atoms with van der Waals surface area (Å²) in [5, 5.41) is 7.76. The molecule has 0 aliphatic carbocycles. The molecule has 2 aromatic heterocycles. The quantitative estimate of drug-likeness (QED) is 0.627. The monoisotopic (exact) mass is 373 g/mol. The lowest BCUT2D eigenvalue weighted by Crippen LogP contribution is -2.34. The van der Waals surface area contributed by atoms with Crippen LogP contribution in [0.2, 0.25) is 0 Å². The lowest BCUT2D eigenvalue weighted by atomic mass is 10.2. The number of nitrogens with one attached hydrogen (secondary N) is 2. The van der Waals surface area contributed by atoms with E-state index in [-0.39, 0.29) is 23.9 Å². The van der Waals surface area contributed by atoms with Gasteiger partial charge in [-0.3, -0.25) is 9.48 Å². The van der Waals surface area contributed by atoms with Crippen LogP contribution >= 0.6 is 0 Å². The van der Waals surface area contributed by atoms with Crippen molar-refractivity contribution in [3.8, 4) is 0 Å². The molecule has 0 saturated heterocycles. The number of nitrogens with zero attached hydrogens (tertiary/aromatic N) is 3. The van der Waals surface area contributed by atoms with Crippen molar-refractivity contribution in [1.29, 1.82) is 0 Å². The van der Waals surface area contributed by atoms with Crippen molar-refractivity contribution in [1.82, 2.24) is 24.8 Å². The molecule has 1 amide bonds. The number of aryl methyl sites for hydroxylation is 2. The van der Waals surface area contributed by atoms with E-state index in [1.807, 2.05) is 6.92 Å². The second-order valence-electron chi connectivity index (χ2n) is 5.77. The molecule has 8 nitrogen and oxygen atoms in total. The Morgan fingerprint density at radius 1 is 1.19 bits per heavy atom. The molecule has 136 valence electrons. The van der Waals surface area contributed by atoms with E-state index in [9.17, 15) is 13.2 Å². The first-order valence-electron chi connectivity index (χ1n) is 8.01. The molecule has 3 aromatic rings. The van der Waals surface area contributed by atoms with E-state index in [2.05, 4.69) is 20.1 Å². The summed E-state index contributed by atoms with van der Waals surface area (Å²) in [5.41, 5.74) is 1.90. The summed E-state index contributed by atoms with van der Waals surface area (Å²) in [6.07, 6.45) is 1.48. The zero-order valence-corrected chi connectivity index (χ0v) is 15.2. The molecule has 3 rings (SSSR count). The Kier molecular flexibility index (Phi) is 5.01. The van der Waals surface area contributed by atoms with Gasteiger partial charge in [0.2, 0.25) is 10.0 Å². The summed E-state index contributed by atoms with van der Waals surface area (Å²) in [6.45, 7) is 2.10. The van der Waals surface area contributed by atoms with E-state index >= 15 is 0 Å². The second-order valence-corrected chi connectivity index (χ2v) is 7.54. The van der Waals surface area contributed by atoms with Crippen molar-refractivity contribution >= 4 is 27.0 Å². The van der Waals surface area contributed by atoms with Gasteiger partial charge in [-0.1, -0.05) is 18.2 Å². The molecule has 26 heavy (non-hydrogen) atoms. The van der Waals surface area contributed by atoms with E-state index in [4.69, 9.17) is 0 Å². The van der Waals surface area contributed by atoms with E-state index < -0.39 is 10.0 Å². The molecule has 1 aromatic carbocycles. The first-order chi connectivity index (χ1) is 12.4. The van der Waals surface area contributed by atoms with Crippen molar-refractivity contribution in [2.45, 2.75) is 11.8 Å². The van der Waals surface area contributed by atoms with Crippen LogP contribution in [0.15, 0.2) is 47.5 Å². The molecule has 0 aliphatic rings. The Bertz CT molecular complexity index is 1040. The van der Waals surface area contributed by atoms with E-state index in [1.165, 1.54) is 18.3 Å². The molecule has 0 atom stereocenters. The highest BCUT2D eigenvalue weighted by atomic mass is 32.2. The summed E-state index contributed by atoms with van der Waals surface area (Å²) in [7, 11) is -1.79. The van der Waals surface area contributed by atoms with E-state index in [1.54, 1.807) is 36.0 Å². The topological polar surface area (TPSA) is 106 Å². The first-order valence-corrected chi connectivity index (χ1v) is 9.49. The fourth-order valence-corrected chi connectivity index (χ4v) is 3.63. The molecule has 0 radical (unpaired) electrons. The van der Waals surface area contributed by atoms with Crippen LogP contribution in [0.5, 0.6) is 0 Å². The highest BCUT2D eigenvalue weighted by Gasteiger charge is 2.14. The number of hydrogen-bond donors (Lipinski definition) is 2. The Balaban J connectivity index is 1.59. The zero-order valence-electron chi connectivity index (χ0n) is 14.4. The van der Waals surface area contributed by atoms with E-state index in [0.717, 1.165) is 11.1 Å². The SMILES string of the molecule is Cc1nn(C)c2ncc(C(=O)NCCNS(=O)(=O)c3ccccc3)cc12. The molecule has 9 heteroatoms. The highest BCUT2D eigenvalue weighted by Crippen LogP contribution is 2.16. The number of sulfonamides is 1. The number of hydrogen-bond acceptors (Lipinski definition) is 5. The van der Waals surface area contributed by atoms with Crippen LogP contribution in [0.4, 0.5) is 0 Å². The molecule has 0 fully saturated rings. The van der Waals surface area contributed by atoms with Crippen molar-refractivity contribution in [3.63, 3.8) is 0 Å². The Labute approximate surface area is 151 Å². The van der Waals surface area contributed by atoms with Gasteiger partial charge in [-0.15, -0.1) is 0 Å². The predicted molar refractivity (Wildman–Crippen MR) is 97.2 cm³/mol. The first kappa shape index (κ1) is 18.0. The Hall–Kier alpha value is -2.78. The number of aromatic nitrogens is 3. The van der Waals surface area contributed by atoms with E-state index in [0.29, 0.717) is 11.2 Å². The number of carbonyl (C=O) groups is 1. The molecule has 0 unspecified atom stereocenters. The smallest absolute Gasteiger partial charge is 0.252 e. The number of carbonyl (C=O) groups excluding carboxylic acids is 1. The lowest BCUT2D eigenvalue weighted by Gasteiger charge is -2.08. The van der Waals surface area contributed by atoms with Crippen molar-refractivity contribution in [2.75, 3.05) is 13.1 Å². The molecule has 2 heterocycles. The van der Waals surface area contributed by atoms with Crippen LogP contribution < -0.4 is 10.0 Å². The zero-order chi connectivity index (χ0) is 18.7. The van der Waals surface area contributed by atoms with Crippen LogP contribution in [-0.2, 0) is 17.1 Å².